The summed E-state index contributed by atoms with van der Waals surface area (Å²) in [7, 11) is 0. The molecule has 1 saturated heterocycles. The van der Waals surface area contributed by atoms with Gasteiger partial charge in [-0.25, -0.2) is 9.37 Å². The molecule has 1 aromatic heterocycles. The van der Waals surface area contributed by atoms with Crippen molar-refractivity contribution >= 4 is 11.6 Å². The van der Waals surface area contributed by atoms with Crippen LogP contribution in [0.1, 0.15) is 12.8 Å². The first-order valence-corrected chi connectivity index (χ1v) is 5.32. The first kappa shape index (κ1) is 10.6. The van der Waals surface area contributed by atoms with Crippen LogP contribution >= 0.6 is 11.6 Å². The third-order valence-electron chi connectivity index (χ3n) is 2.34. The first-order valence-electron chi connectivity index (χ1n) is 4.94. The van der Waals surface area contributed by atoms with Crippen LogP contribution in [0.25, 0.3) is 0 Å². The number of rotatable bonds is 2. The Labute approximate surface area is 92.6 Å². The van der Waals surface area contributed by atoms with E-state index >= 15 is 0 Å². The van der Waals surface area contributed by atoms with Crippen LogP contribution in [0.5, 0.6) is 5.88 Å². The minimum absolute atomic E-state index is 0.127. The van der Waals surface area contributed by atoms with Crippen LogP contribution in [0.3, 0.4) is 0 Å². The molecular weight excluding hydrogens is 219 g/mol. The van der Waals surface area contributed by atoms with Gasteiger partial charge in [-0.2, -0.15) is 0 Å². The van der Waals surface area contributed by atoms with Crippen molar-refractivity contribution in [3.05, 3.63) is 23.1 Å². The van der Waals surface area contributed by atoms with Crippen molar-refractivity contribution in [2.75, 3.05) is 13.1 Å². The largest absolute Gasteiger partial charge is 0.473 e. The Hall–Kier alpha value is -0.870. The molecule has 1 aromatic rings. The number of hydrogen-bond acceptors (Lipinski definition) is 3. The zero-order valence-electron chi connectivity index (χ0n) is 8.17. The van der Waals surface area contributed by atoms with Crippen molar-refractivity contribution in [2.24, 2.45) is 0 Å². The van der Waals surface area contributed by atoms with Crippen molar-refractivity contribution in [2.45, 2.75) is 18.9 Å². The molecule has 0 spiro atoms. The fourth-order valence-electron chi connectivity index (χ4n) is 1.56. The van der Waals surface area contributed by atoms with Crippen LogP contribution < -0.4 is 10.1 Å². The summed E-state index contributed by atoms with van der Waals surface area (Å²) in [6, 6.07) is 1.21. The highest BCUT2D eigenvalue weighted by Crippen LogP contribution is 2.24. The molecule has 2 heterocycles. The predicted octanol–water partition coefficient (Wildman–Crippen LogP) is 2.00. The van der Waals surface area contributed by atoms with Crippen LogP contribution in [-0.4, -0.2) is 24.2 Å². The average Bonchev–Trinajstić information content (AvgIpc) is 2.24. The fourth-order valence-corrected chi connectivity index (χ4v) is 1.76. The number of hydrogen-bond donors (Lipinski definition) is 1. The molecule has 0 aliphatic carbocycles. The molecule has 0 saturated carbocycles. The molecule has 1 aliphatic heterocycles. The van der Waals surface area contributed by atoms with E-state index in [4.69, 9.17) is 16.3 Å². The lowest BCUT2D eigenvalue weighted by Crippen LogP contribution is -2.34. The molecule has 82 valence electrons. The van der Waals surface area contributed by atoms with E-state index in [0.717, 1.165) is 32.1 Å². The van der Waals surface area contributed by atoms with E-state index in [-0.39, 0.29) is 11.1 Å². The van der Waals surface area contributed by atoms with Gasteiger partial charge >= 0.3 is 0 Å². The van der Waals surface area contributed by atoms with Crippen LogP contribution in [0.4, 0.5) is 4.39 Å². The molecule has 0 bridgehead atoms. The molecule has 0 amide bonds. The van der Waals surface area contributed by atoms with Crippen LogP contribution in [-0.2, 0) is 0 Å². The fraction of sp³-hybridized carbons (Fsp3) is 0.500. The number of piperidine rings is 1. The summed E-state index contributed by atoms with van der Waals surface area (Å²) in [6.45, 7) is 1.87. The number of pyridine rings is 1. The van der Waals surface area contributed by atoms with Gasteiger partial charge in [0.15, 0.2) is 0 Å². The van der Waals surface area contributed by atoms with Gasteiger partial charge in [0.05, 0.1) is 6.20 Å². The smallest absolute Gasteiger partial charge is 0.233 e. The molecule has 1 N–H and O–H groups in total. The highest BCUT2D eigenvalue weighted by molar-refractivity contribution is 6.31. The molecule has 15 heavy (non-hydrogen) atoms. The van der Waals surface area contributed by atoms with Gasteiger partial charge in [0.25, 0.3) is 0 Å². The van der Waals surface area contributed by atoms with E-state index in [1.165, 1.54) is 6.07 Å². The minimum atomic E-state index is -0.447. The molecule has 0 aromatic carbocycles. The lowest BCUT2D eigenvalue weighted by Gasteiger charge is -2.23. The Morgan fingerprint density at radius 1 is 1.47 bits per heavy atom. The van der Waals surface area contributed by atoms with Crippen molar-refractivity contribution in [3.63, 3.8) is 0 Å². The van der Waals surface area contributed by atoms with Crippen LogP contribution in [0, 0.1) is 5.82 Å². The van der Waals surface area contributed by atoms with E-state index < -0.39 is 5.82 Å². The third-order valence-corrected chi connectivity index (χ3v) is 2.61. The summed E-state index contributed by atoms with van der Waals surface area (Å²) < 4.78 is 18.3. The molecule has 5 heteroatoms. The topological polar surface area (TPSA) is 34.1 Å². The maximum absolute atomic E-state index is 12.7. The second-order valence-electron chi connectivity index (χ2n) is 3.51. The maximum Gasteiger partial charge on any atom is 0.233 e. The molecule has 1 aliphatic rings. The number of ether oxygens (including phenoxy) is 1. The Kier molecular flexibility index (Phi) is 3.38. The molecule has 0 atom stereocenters. The van der Waals surface area contributed by atoms with Gasteiger partial charge in [0, 0.05) is 0 Å². The molecule has 2 rings (SSSR count). The third kappa shape index (κ3) is 2.79. The van der Waals surface area contributed by atoms with Crippen molar-refractivity contribution in [1.82, 2.24) is 10.3 Å². The van der Waals surface area contributed by atoms with Crippen molar-refractivity contribution in [3.8, 4) is 5.88 Å². The zero-order chi connectivity index (χ0) is 10.7. The van der Waals surface area contributed by atoms with Crippen molar-refractivity contribution < 1.29 is 9.13 Å². The zero-order valence-corrected chi connectivity index (χ0v) is 8.93. The number of halogens is 2. The summed E-state index contributed by atoms with van der Waals surface area (Å²) in [5.41, 5.74) is 0. The van der Waals surface area contributed by atoms with Gasteiger partial charge in [0.1, 0.15) is 16.9 Å². The summed E-state index contributed by atoms with van der Waals surface area (Å²) in [5.74, 6) is -0.123. The maximum atomic E-state index is 12.7. The molecule has 0 radical (unpaired) electrons. The van der Waals surface area contributed by atoms with Crippen LogP contribution in [0.2, 0.25) is 5.02 Å². The average molecular weight is 231 g/mol. The van der Waals surface area contributed by atoms with E-state index in [1.54, 1.807) is 0 Å². The Bertz CT molecular complexity index is 342. The van der Waals surface area contributed by atoms with Gasteiger partial charge < -0.3 is 10.1 Å². The number of nitrogens with zero attached hydrogens (tertiary/aromatic N) is 1. The van der Waals surface area contributed by atoms with E-state index in [0.29, 0.717) is 5.88 Å². The SMILES string of the molecule is Fc1cnc(OC2CCNCC2)c(Cl)c1. The summed E-state index contributed by atoms with van der Waals surface area (Å²) >= 11 is 5.81. The number of aromatic nitrogens is 1. The van der Waals surface area contributed by atoms with Crippen LogP contribution in [0.15, 0.2) is 12.3 Å². The highest BCUT2D eigenvalue weighted by Gasteiger charge is 2.16. The lowest BCUT2D eigenvalue weighted by atomic mass is 10.1. The van der Waals surface area contributed by atoms with Gasteiger partial charge in [-0.3, -0.25) is 0 Å². The quantitative estimate of drug-likeness (QED) is 0.844. The summed E-state index contributed by atoms with van der Waals surface area (Å²) in [4.78, 5) is 3.82. The molecular formula is C10H12ClFN2O. The van der Waals surface area contributed by atoms with Gasteiger partial charge in [-0.05, 0) is 32.0 Å². The standard InChI is InChI=1S/C10H12ClFN2O/c11-9-5-7(12)6-14-10(9)15-8-1-3-13-4-2-8/h5-6,8,13H,1-4H2. The monoisotopic (exact) mass is 230 g/mol. The van der Waals surface area contributed by atoms with Gasteiger partial charge in [0.2, 0.25) is 5.88 Å². The lowest BCUT2D eigenvalue weighted by molar-refractivity contribution is 0.156. The molecule has 1 fully saturated rings. The van der Waals surface area contributed by atoms with Gasteiger partial charge in [-0.1, -0.05) is 11.6 Å². The predicted molar refractivity (Wildman–Crippen MR) is 55.7 cm³/mol. The minimum Gasteiger partial charge on any atom is -0.473 e. The molecule has 0 unspecified atom stereocenters. The van der Waals surface area contributed by atoms with E-state index in [1.807, 2.05) is 0 Å². The van der Waals surface area contributed by atoms with E-state index in [2.05, 4.69) is 10.3 Å². The Morgan fingerprint density at radius 3 is 2.87 bits per heavy atom. The second-order valence-corrected chi connectivity index (χ2v) is 3.91. The second kappa shape index (κ2) is 4.77. The summed E-state index contributed by atoms with van der Waals surface area (Å²) in [6.07, 6.45) is 3.09. The Balaban J connectivity index is 2.03. The molecule has 3 nitrogen and oxygen atoms in total. The normalized spacial score (nSPS) is 17.7. The summed E-state index contributed by atoms with van der Waals surface area (Å²) in [5, 5.41) is 3.46. The van der Waals surface area contributed by atoms with Gasteiger partial charge in [-0.15, -0.1) is 0 Å². The highest BCUT2D eigenvalue weighted by atomic mass is 35.5. The number of nitrogens with one attached hydrogen (secondary N) is 1. The van der Waals surface area contributed by atoms with Crippen molar-refractivity contribution in [1.29, 1.82) is 0 Å². The first-order chi connectivity index (χ1) is 7.25. The Morgan fingerprint density at radius 2 is 2.20 bits per heavy atom. The van der Waals surface area contributed by atoms with E-state index in [9.17, 15) is 4.39 Å².